The summed E-state index contributed by atoms with van der Waals surface area (Å²) < 4.78 is 16.8. The van der Waals surface area contributed by atoms with Crippen molar-refractivity contribution >= 4 is 96.9 Å². The Labute approximate surface area is 319 Å². The third-order valence-electron chi connectivity index (χ3n) is 6.68. The van der Waals surface area contributed by atoms with Crippen LogP contribution in [0.25, 0.3) is 0 Å². The summed E-state index contributed by atoms with van der Waals surface area (Å²) in [6.45, 7) is 0.384. The molecule has 0 spiro atoms. The summed E-state index contributed by atoms with van der Waals surface area (Å²) >= 11 is 5.70. The van der Waals surface area contributed by atoms with Crippen LogP contribution >= 0.6 is 67.8 Å². The van der Waals surface area contributed by atoms with Crippen LogP contribution in [0.2, 0.25) is 0 Å². The Bertz CT molecular complexity index is 1230. The van der Waals surface area contributed by atoms with Gasteiger partial charge in [-0.3, -0.25) is 9.59 Å². The summed E-state index contributed by atoms with van der Waals surface area (Å²) in [5, 5.41) is 90.7. The van der Waals surface area contributed by atoms with E-state index in [9.17, 15) is 50.1 Å². The first-order chi connectivity index (χ1) is 20.4. The molecule has 3 rings (SSSR count). The number of aliphatic hydroxyl groups excluding tert-OH is 8. The molecule has 45 heavy (non-hydrogen) atoms. The molecule has 0 saturated carbocycles. The molecular weight excluding hydrogens is 960 g/mol. The Morgan fingerprint density at radius 3 is 1.89 bits per heavy atom. The molecule has 17 nitrogen and oxygen atoms in total. The van der Waals surface area contributed by atoms with E-state index in [-0.39, 0.29) is 46.9 Å². The predicted octanol–water partition coefficient (Wildman–Crippen LogP) is -6.59. The number of carboxylic acids is 1. The molecule has 2 saturated heterocycles. The Morgan fingerprint density at radius 1 is 0.911 bits per heavy atom. The molecular formula is C24H32I3N2NaO15. The fraction of sp³-hybridized carbons (Fsp3) is 0.625. The molecule has 9 N–H and O–H groups in total. The SMILES string of the molecule is CC(=O)Nc1c(I)c(C(=O)[O-])c(I)c(N(C)C(C)=O)c1I.OCC1OC(OC2(CO)OC(CO)C(O)C2O)C(O)C(O)C1O.[Na+]. The number of hydrogen-bond donors (Lipinski definition) is 9. The number of halogens is 3. The van der Waals surface area contributed by atoms with Crippen molar-refractivity contribution in [3.05, 3.63) is 16.3 Å². The minimum Gasteiger partial charge on any atom is -0.545 e. The fourth-order valence-electron chi connectivity index (χ4n) is 4.20. The van der Waals surface area contributed by atoms with Gasteiger partial charge in [-0.15, -0.1) is 0 Å². The van der Waals surface area contributed by atoms with Crippen LogP contribution in [0.4, 0.5) is 11.4 Å². The van der Waals surface area contributed by atoms with E-state index in [4.69, 9.17) is 24.4 Å². The molecule has 250 valence electrons. The number of carbonyl (C=O) groups is 3. The molecule has 0 aromatic heterocycles. The Balaban J connectivity index is 0.000000442. The van der Waals surface area contributed by atoms with E-state index in [0.29, 0.717) is 22.1 Å². The van der Waals surface area contributed by atoms with Crippen LogP contribution in [0.1, 0.15) is 24.2 Å². The molecule has 0 bridgehead atoms. The van der Waals surface area contributed by atoms with Gasteiger partial charge in [0.1, 0.15) is 49.3 Å². The number of aliphatic hydroxyl groups is 8. The molecule has 0 radical (unpaired) electrons. The van der Waals surface area contributed by atoms with Gasteiger partial charge >= 0.3 is 29.6 Å². The van der Waals surface area contributed by atoms with Gasteiger partial charge in [-0.05, 0) is 67.8 Å². The summed E-state index contributed by atoms with van der Waals surface area (Å²) in [5.74, 6) is -4.15. The maximum Gasteiger partial charge on any atom is 1.00 e. The third-order valence-corrected chi connectivity index (χ3v) is 9.86. The van der Waals surface area contributed by atoms with E-state index < -0.39 is 80.6 Å². The minimum atomic E-state index is -2.22. The van der Waals surface area contributed by atoms with Crippen molar-refractivity contribution in [2.24, 2.45) is 0 Å². The number of ether oxygens (including phenoxy) is 3. The number of aromatic carboxylic acids is 1. The average molecular weight is 992 g/mol. The topological polar surface area (TPSA) is 279 Å². The molecule has 9 atom stereocenters. The molecule has 2 aliphatic heterocycles. The normalized spacial score (nSPS) is 30.9. The average Bonchev–Trinajstić information content (AvgIpc) is 3.20. The molecule has 2 fully saturated rings. The van der Waals surface area contributed by atoms with Crippen LogP contribution in [0.15, 0.2) is 0 Å². The number of nitrogens with one attached hydrogen (secondary N) is 1. The van der Waals surface area contributed by atoms with Crippen LogP contribution in [0, 0.1) is 10.7 Å². The number of carboxylic acid groups (broad SMARTS) is 1. The molecule has 2 heterocycles. The monoisotopic (exact) mass is 992 g/mol. The van der Waals surface area contributed by atoms with E-state index in [0.717, 1.165) is 0 Å². The fourth-order valence-corrected chi connectivity index (χ4v) is 8.80. The third kappa shape index (κ3) is 9.55. The first-order valence-electron chi connectivity index (χ1n) is 12.6. The van der Waals surface area contributed by atoms with E-state index in [1.807, 2.05) is 67.8 Å². The van der Waals surface area contributed by atoms with Crippen LogP contribution in [0.5, 0.6) is 0 Å². The number of benzene rings is 1. The van der Waals surface area contributed by atoms with E-state index in [1.54, 1.807) is 7.05 Å². The zero-order chi connectivity index (χ0) is 33.8. The summed E-state index contributed by atoms with van der Waals surface area (Å²) in [6.07, 6.45) is -12.7. The molecule has 9 unspecified atom stereocenters. The largest absolute Gasteiger partial charge is 1.00 e. The van der Waals surface area contributed by atoms with Gasteiger partial charge in [0, 0.05) is 33.6 Å². The summed E-state index contributed by atoms with van der Waals surface area (Å²) in [4.78, 5) is 35.7. The number of hydrogen-bond acceptors (Lipinski definition) is 15. The van der Waals surface area contributed by atoms with Crippen molar-refractivity contribution in [1.29, 1.82) is 0 Å². The van der Waals surface area contributed by atoms with Gasteiger partial charge in [-0.25, -0.2) is 0 Å². The van der Waals surface area contributed by atoms with Crippen LogP contribution in [-0.2, 0) is 23.8 Å². The second kappa shape index (κ2) is 18.4. The standard InChI is InChI=1S/C12H11I3N2O4.C12H22O11.Na/c1-4(18)16-10-7(13)6(12(20)21)8(14)11(9(10)15)17(3)5(2)19;13-1-4-6(16)8(18)9(19)11(21-4)23-12(3-15)10(20)7(17)5(2-14)22-12;/h1-3H3,(H,16,18)(H,20,21);4-11,13-20H,1-3H2;/q;;+1/p-1. The quantitative estimate of drug-likeness (QED) is 0.0866. The van der Waals surface area contributed by atoms with Crippen molar-refractivity contribution in [2.45, 2.75) is 68.7 Å². The zero-order valence-corrected chi connectivity index (χ0v) is 32.7. The van der Waals surface area contributed by atoms with Gasteiger partial charge in [0.05, 0.1) is 34.1 Å². The minimum absolute atomic E-state index is 0. The zero-order valence-electron chi connectivity index (χ0n) is 24.3. The summed E-state index contributed by atoms with van der Waals surface area (Å²) in [5.41, 5.74) is 0.766. The number of anilines is 2. The first-order valence-corrected chi connectivity index (χ1v) is 15.8. The maximum absolute atomic E-state index is 11.6. The molecule has 1 aromatic carbocycles. The van der Waals surface area contributed by atoms with E-state index >= 15 is 0 Å². The number of rotatable bonds is 8. The summed E-state index contributed by atoms with van der Waals surface area (Å²) in [6, 6.07) is 0. The molecule has 21 heteroatoms. The maximum atomic E-state index is 11.6. The number of nitrogens with zero attached hydrogens (tertiary/aromatic N) is 1. The molecule has 1 aromatic rings. The molecule has 2 amide bonds. The van der Waals surface area contributed by atoms with Crippen LogP contribution in [0.3, 0.4) is 0 Å². The van der Waals surface area contributed by atoms with Crippen LogP contribution < -0.4 is 44.9 Å². The van der Waals surface area contributed by atoms with Crippen molar-refractivity contribution in [3.8, 4) is 0 Å². The second-order valence-electron chi connectivity index (χ2n) is 9.65. The first kappa shape index (κ1) is 43.4. The Hall–Kier alpha value is 0.380. The number of carbonyl (C=O) groups excluding carboxylic acids is 3. The predicted molar refractivity (Wildman–Crippen MR) is 171 cm³/mol. The van der Waals surface area contributed by atoms with Crippen molar-refractivity contribution in [2.75, 3.05) is 37.1 Å². The van der Waals surface area contributed by atoms with Gasteiger partial charge < -0.3 is 75.2 Å². The Kier molecular flexibility index (Phi) is 17.7. The van der Waals surface area contributed by atoms with Crippen molar-refractivity contribution in [1.82, 2.24) is 0 Å². The molecule has 0 aliphatic carbocycles. The van der Waals surface area contributed by atoms with Gasteiger partial charge in [0.15, 0.2) is 6.29 Å². The number of amides is 2. The van der Waals surface area contributed by atoms with Crippen molar-refractivity contribution in [3.63, 3.8) is 0 Å². The van der Waals surface area contributed by atoms with E-state index in [2.05, 4.69) is 5.32 Å². The van der Waals surface area contributed by atoms with Crippen LogP contribution in [-0.4, -0.2) is 140 Å². The van der Waals surface area contributed by atoms with Crippen molar-refractivity contribution < 1.29 is 104 Å². The smallest absolute Gasteiger partial charge is 0.545 e. The van der Waals surface area contributed by atoms with Gasteiger partial charge in [-0.2, -0.15) is 0 Å². The van der Waals surface area contributed by atoms with Gasteiger partial charge in [0.25, 0.3) is 0 Å². The Morgan fingerprint density at radius 2 is 1.47 bits per heavy atom. The summed E-state index contributed by atoms with van der Waals surface area (Å²) in [7, 11) is 1.55. The van der Waals surface area contributed by atoms with E-state index in [1.165, 1.54) is 18.7 Å². The van der Waals surface area contributed by atoms with Gasteiger partial charge in [-0.1, -0.05) is 0 Å². The van der Waals surface area contributed by atoms with Gasteiger partial charge in [0.2, 0.25) is 17.6 Å². The second-order valence-corrected chi connectivity index (χ2v) is 12.9. The molecule has 2 aliphatic rings.